The van der Waals surface area contributed by atoms with Crippen molar-refractivity contribution in [3.05, 3.63) is 94.0 Å². The Hall–Kier alpha value is -4.72. The zero-order valence-corrected chi connectivity index (χ0v) is 52.1. The first-order valence-corrected chi connectivity index (χ1v) is 31.2. The van der Waals surface area contributed by atoms with E-state index in [4.69, 9.17) is 47.4 Å². The molecule has 0 bridgehead atoms. The molecule has 4 aromatic carbocycles. The molecular formula is C66H92O24. The van der Waals surface area contributed by atoms with Gasteiger partial charge in [-0.05, 0) is 114 Å². The second-order valence-corrected chi connectivity index (χ2v) is 25.4. The van der Waals surface area contributed by atoms with Crippen molar-refractivity contribution in [2.75, 3.05) is 26.4 Å². The van der Waals surface area contributed by atoms with Gasteiger partial charge in [-0.2, -0.15) is 0 Å². The van der Waals surface area contributed by atoms with Crippen molar-refractivity contribution in [3.8, 4) is 45.3 Å². The van der Waals surface area contributed by atoms with Gasteiger partial charge in [0.1, 0.15) is 126 Å². The van der Waals surface area contributed by atoms with E-state index in [2.05, 4.69) is 13.8 Å². The summed E-state index contributed by atoms with van der Waals surface area (Å²) >= 11 is 0. The number of benzene rings is 4. The molecule has 0 saturated carbocycles. The Morgan fingerprint density at radius 1 is 0.400 bits per heavy atom. The SMILES string of the molecule is CCCCCc1cc(O[C@@H]2O[C@H](CO)[C@@H](O)[C@H](O)[C@H]2O[C@@H]2O[C@H](CO)[C@@H](O)[C@H](O)[C@H]2O)c2c(c1)OC(C)(C)c1ccc(C)cc1-2.CCCCCc1cc(O[C@@H]2O[C@H](CO)[C@@H](O)[C@H](O[C@@H]3O[C@H](CO)[C@@H](O)[C@H](O)[C@H]3O)[C@H]2O)c2c(c1)OC(C)(C)c1ccc(C)cc1-2. The van der Waals surface area contributed by atoms with E-state index >= 15 is 0 Å². The number of aliphatic hydroxyl groups excluding tert-OH is 14. The predicted octanol–water partition coefficient (Wildman–Crippen LogP) is 2.05. The van der Waals surface area contributed by atoms with Gasteiger partial charge in [-0.1, -0.05) is 87.1 Å². The zero-order valence-electron chi connectivity index (χ0n) is 52.1. The fourth-order valence-corrected chi connectivity index (χ4v) is 12.6. The molecule has 0 unspecified atom stereocenters. The summed E-state index contributed by atoms with van der Waals surface area (Å²) in [7, 11) is 0. The Morgan fingerprint density at radius 2 is 0.778 bits per heavy atom. The van der Waals surface area contributed by atoms with Crippen molar-refractivity contribution in [3.63, 3.8) is 0 Å². The normalized spacial score (nSPS) is 34.0. The van der Waals surface area contributed by atoms with Crippen LogP contribution in [0.2, 0.25) is 0 Å². The summed E-state index contributed by atoms with van der Waals surface area (Å²) in [6.07, 6.45) is -23.5. The second-order valence-electron chi connectivity index (χ2n) is 25.4. The molecule has 4 aromatic rings. The van der Waals surface area contributed by atoms with Crippen LogP contribution in [0.3, 0.4) is 0 Å². The quantitative estimate of drug-likeness (QED) is 0.0563. The van der Waals surface area contributed by atoms with E-state index in [0.29, 0.717) is 34.1 Å². The summed E-state index contributed by atoms with van der Waals surface area (Å²) in [5, 5.41) is 146. The van der Waals surface area contributed by atoms with Crippen molar-refractivity contribution in [1.29, 1.82) is 0 Å². The molecule has 20 atom stereocenters. The molecule has 24 nitrogen and oxygen atoms in total. The number of aryl methyl sites for hydroxylation is 4. The third-order valence-electron chi connectivity index (χ3n) is 17.7. The Kier molecular flexibility index (Phi) is 22.7. The topological polar surface area (TPSA) is 376 Å². The molecule has 90 heavy (non-hydrogen) atoms. The fraction of sp³-hybridized carbons (Fsp3) is 0.636. The van der Waals surface area contributed by atoms with Crippen LogP contribution >= 0.6 is 0 Å². The van der Waals surface area contributed by atoms with Gasteiger partial charge in [-0.15, -0.1) is 0 Å². The summed E-state index contributed by atoms with van der Waals surface area (Å²) < 4.78 is 60.4. The van der Waals surface area contributed by atoms with Crippen molar-refractivity contribution in [2.24, 2.45) is 0 Å². The molecule has 0 aromatic heterocycles. The van der Waals surface area contributed by atoms with Gasteiger partial charge >= 0.3 is 0 Å². The predicted molar refractivity (Wildman–Crippen MR) is 321 cm³/mol. The molecule has 0 spiro atoms. The largest absolute Gasteiger partial charge is 0.482 e. The van der Waals surface area contributed by atoms with Crippen LogP contribution in [-0.4, -0.2) is 221 Å². The first-order valence-electron chi connectivity index (χ1n) is 31.2. The summed E-state index contributed by atoms with van der Waals surface area (Å²) in [4.78, 5) is 0. The maximum absolute atomic E-state index is 11.5. The molecule has 14 N–H and O–H groups in total. The van der Waals surface area contributed by atoms with Gasteiger partial charge in [0.05, 0.1) is 37.6 Å². The number of fused-ring (bicyclic) bond motifs is 6. The van der Waals surface area contributed by atoms with Crippen LogP contribution in [0.4, 0.5) is 0 Å². The van der Waals surface area contributed by atoms with Crippen LogP contribution < -0.4 is 18.9 Å². The van der Waals surface area contributed by atoms with E-state index in [1.807, 2.05) is 102 Å². The summed E-state index contributed by atoms with van der Waals surface area (Å²) in [5.74, 6) is 1.93. The van der Waals surface area contributed by atoms with Gasteiger partial charge in [0.2, 0.25) is 12.6 Å². The van der Waals surface area contributed by atoms with E-state index in [-0.39, 0.29) is 0 Å². The van der Waals surface area contributed by atoms with Crippen LogP contribution in [0.1, 0.15) is 113 Å². The standard InChI is InChI=1S/2C33H46O12/c1-5-6-7-8-17-12-20(24-18-11-16(2)9-10-19(18)33(3,4)45-21(24)13-17)41-32-29(40)30(26(37)23(15-35)43-32)44-31-28(39)27(38)25(36)22(14-34)42-31;1-5-6-7-8-17-12-20(24-18-11-16(2)9-10-19(18)33(3,4)45-21(24)13-17)41-32-30(28(39)26(37)23(15-35)43-32)44-31-29(40)27(38)25(36)22(14-34)42-31/h2*9-13,22-23,25-32,34-40H,5-8,14-15H2,1-4H3/t22-,23-,25-,26-,27+,28-,29-,30+,31+,32-;22-,23-,25-,26-,27+,28+,29-,30-,31+,32-/m11/s1. The lowest BCUT2D eigenvalue weighted by Crippen LogP contribution is -2.65. The van der Waals surface area contributed by atoms with E-state index in [0.717, 1.165) is 95.9 Å². The molecule has 6 aliphatic rings. The van der Waals surface area contributed by atoms with Gasteiger partial charge < -0.3 is 119 Å². The molecule has 0 aliphatic carbocycles. The highest BCUT2D eigenvalue weighted by Crippen LogP contribution is 2.53. The molecule has 6 heterocycles. The second kappa shape index (κ2) is 29.3. The van der Waals surface area contributed by atoms with E-state index in [9.17, 15) is 71.5 Å². The minimum absolute atomic E-state index is 0.356. The van der Waals surface area contributed by atoms with E-state index < -0.39 is 160 Å². The Balaban J connectivity index is 0.000000213. The molecule has 10 rings (SSSR count). The maximum atomic E-state index is 11.5. The summed E-state index contributed by atoms with van der Waals surface area (Å²) in [6, 6.07) is 19.9. The van der Waals surface area contributed by atoms with Crippen LogP contribution in [-0.2, 0) is 52.5 Å². The fourth-order valence-electron chi connectivity index (χ4n) is 12.6. The number of unbranched alkanes of at least 4 members (excludes halogenated alkanes) is 4. The van der Waals surface area contributed by atoms with Crippen LogP contribution in [0.5, 0.6) is 23.0 Å². The average Bonchev–Trinajstić information content (AvgIpc) is 0.753. The number of aliphatic hydroxyl groups is 14. The maximum Gasteiger partial charge on any atom is 0.229 e. The molecule has 500 valence electrons. The van der Waals surface area contributed by atoms with Crippen molar-refractivity contribution in [1.82, 2.24) is 0 Å². The number of ether oxygens (including phenoxy) is 10. The molecule has 6 aliphatic heterocycles. The van der Waals surface area contributed by atoms with Crippen LogP contribution in [0, 0.1) is 13.8 Å². The molecule has 0 amide bonds. The lowest BCUT2D eigenvalue weighted by molar-refractivity contribution is -0.357. The molecule has 4 fully saturated rings. The smallest absolute Gasteiger partial charge is 0.229 e. The number of rotatable bonds is 20. The van der Waals surface area contributed by atoms with Gasteiger partial charge in [-0.25, -0.2) is 0 Å². The number of hydrogen-bond donors (Lipinski definition) is 14. The highest BCUT2D eigenvalue weighted by molar-refractivity contribution is 5.84. The number of hydrogen-bond acceptors (Lipinski definition) is 24. The van der Waals surface area contributed by atoms with Crippen molar-refractivity contribution >= 4 is 0 Å². The first-order chi connectivity index (χ1) is 42.8. The van der Waals surface area contributed by atoms with E-state index in [1.165, 1.54) is 0 Å². The highest BCUT2D eigenvalue weighted by Gasteiger charge is 2.54. The summed E-state index contributed by atoms with van der Waals surface area (Å²) in [5.41, 5.74) is 7.67. The Morgan fingerprint density at radius 3 is 1.20 bits per heavy atom. The molecule has 4 saturated heterocycles. The van der Waals surface area contributed by atoms with Crippen molar-refractivity contribution in [2.45, 2.75) is 241 Å². The minimum atomic E-state index is -1.77. The Labute approximate surface area is 523 Å². The van der Waals surface area contributed by atoms with Crippen molar-refractivity contribution < 1.29 is 119 Å². The average molecular weight is 1270 g/mol. The minimum Gasteiger partial charge on any atom is -0.482 e. The van der Waals surface area contributed by atoms with Gasteiger partial charge in [0, 0.05) is 11.1 Å². The lowest BCUT2D eigenvalue weighted by atomic mass is 9.84. The molecule has 0 radical (unpaired) electrons. The Bertz CT molecular complexity index is 3030. The molecular weight excluding hydrogens is 1180 g/mol. The molecule has 24 heteroatoms. The van der Waals surface area contributed by atoms with Gasteiger partial charge in [0.15, 0.2) is 18.7 Å². The third-order valence-corrected chi connectivity index (χ3v) is 17.7. The van der Waals surface area contributed by atoms with Gasteiger partial charge in [0.25, 0.3) is 0 Å². The van der Waals surface area contributed by atoms with Crippen LogP contribution in [0.15, 0.2) is 60.7 Å². The first kappa shape index (κ1) is 69.6. The summed E-state index contributed by atoms with van der Waals surface area (Å²) in [6.45, 7) is 13.5. The third kappa shape index (κ3) is 14.5. The monoisotopic (exact) mass is 1270 g/mol. The highest BCUT2D eigenvalue weighted by atomic mass is 16.8. The lowest BCUT2D eigenvalue weighted by Gasteiger charge is -2.46. The van der Waals surface area contributed by atoms with Crippen LogP contribution in [0.25, 0.3) is 22.3 Å². The van der Waals surface area contributed by atoms with Gasteiger partial charge in [-0.3, -0.25) is 0 Å². The van der Waals surface area contributed by atoms with E-state index in [1.54, 1.807) is 0 Å². The zero-order chi connectivity index (χ0) is 65.3.